The molecular weight excluding hydrogens is 292 g/mol. The molecule has 0 aromatic heterocycles. The molecule has 1 atom stereocenters. The maximum absolute atomic E-state index is 11.7. The molecule has 0 aliphatic heterocycles. The lowest BCUT2D eigenvalue weighted by molar-refractivity contribution is -0.145. The molecule has 0 bridgehead atoms. The summed E-state index contributed by atoms with van der Waals surface area (Å²) in [7, 11) is 0. The molecule has 3 heteroatoms. The van der Waals surface area contributed by atoms with Gasteiger partial charge in [-0.1, -0.05) is 48.8 Å². The van der Waals surface area contributed by atoms with E-state index in [0.717, 1.165) is 10.9 Å². The first-order valence-electron chi connectivity index (χ1n) is 6.44. The van der Waals surface area contributed by atoms with E-state index in [1.54, 1.807) is 0 Å². The molecule has 18 heavy (non-hydrogen) atoms. The Bertz CT molecular complexity index is 371. The molecule has 0 fully saturated rings. The van der Waals surface area contributed by atoms with E-state index in [4.69, 9.17) is 4.74 Å². The lowest BCUT2D eigenvalue weighted by Crippen LogP contribution is -2.13. The highest BCUT2D eigenvalue weighted by molar-refractivity contribution is 9.10. The molecule has 0 aliphatic rings. The first-order chi connectivity index (χ1) is 8.52. The van der Waals surface area contributed by atoms with Crippen LogP contribution < -0.4 is 0 Å². The zero-order valence-corrected chi connectivity index (χ0v) is 12.9. The second-order valence-corrected chi connectivity index (χ2v) is 5.85. The summed E-state index contributed by atoms with van der Waals surface area (Å²) in [5, 5.41) is 0. The Labute approximate surface area is 118 Å². The number of carbonyl (C=O) groups excluding carboxylic acids is 1. The molecule has 0 spiro atoms. The summed E-state index contributed by atoms with van der Waals surface area (Å²) >= 11 is 3.42. The molecule has 1 aromatic carbocycles. The molecule has 1 aromatic rings. The van der Waals surface area contributed by atoms with Crippen molar-refractivity contribution >= 4 is 21.9 Å². The van der Waals surface area contributed by atoms with Crippen LogP contribution in [-0.2, 0) is 9.53 Å². The van der Waals surface area contributed by atoms with Crippen LogP contribution in [-0.4, -0.2) is 12.6 Å². The van der Waals surface area contributed by atoms with Crippen LogP contribution in [0.15, 0.2) is 28.7 Å². The first-order valence-corrected chi connectivity index (χ1v) is 7.23. The predicted molar refractivity (Wildman–Crippen MR) is 77.6 cm³/mol. The summed E-state index contributed by atoms with van der Waals surface area (Å²) in [5.41, 5.74) is 1.20. The van der Waals surface area contributed by atoms with Crippen LogP contribution in [0.2, 0.25) is 0 Å². The summed E-state index contributed by atoms with van der Waals surface area (Å²) in [6.07, 6.45) is 1.41. The number of carbonyl (C=O) groups is 1. The third-order valence-corrected chi connectivity index (χ3v) is 3.35. The summed E-state index contributed by atoms with van der Waals surface area (Å²) in [6, 6.07) is 8.15. The van der Waals surface area contributed by atoms with E-state index in [9.17, 15) is 4.79 Å². The van der Waals surface area contributed by atoms with Gasteiger partial charge in [-0.25, -0.2) is 0 Å². The van der Waals surface area contributed by atoms with E-state index in [1.807, 2.05) is 26.0 Å². The third kappa shape index (κ3) is 5.21. The van der Waals surface area contributed by atoms with Crippen LogP contribution in [0.3, 0.4) is 0 Å². The number of rotatable bonds is 6. The molecule has 0 saturated carbocycles. The Morgan fingerprint density at radius 1 is 1.28 bits per heavy atom. The van der Waals surface area contributed by atoms with Gasteiger partial charge in [-0.05, 0) is 36.0 Å². The number of hydrogen-bond donors (Lipinski definition) is 0. The molecule has 0 saturated heterocycles. The van der Waals surface area contributed by atoms with Crippen molar-refractivity contribution in [3.63, 3.8) is 0 Å². The number of esters is 1. The van der Waals surface area contributed by atoms with Gasteiger partial charge in [0.25, 0.3) is 0 Å². The molecule has 100 valence electrons. The van der Waals surface area contributed by atoms with Crippen molar-refractivity contribution in [1.29, 1.82) is 0 Å². The third-order valence-electron chi connectivity index (χ3n) is 2.82. The maximum Gasteiger partial charge on any atom is 0.306 e. The standard InChI is InChI=1S/C15H21BrO2/c1-4-12(9-15(17)18-10-11(2)3)13-5-7-14(16)8-6-13/h5-8,11-12H,4,9-10H2,1-3H3. The zero-order chi connectivity index (χ0) is 13.5. The molecule has 1 rings (SSSR count). The fourth-order valence-electron chi connectivity index (χ4n) is 1.75. The van der Waals surface area contributed by atoms with Gasteiger partial charge in [-0.15, -0.1) is 0 Å². The van der Waals surface area contributed by atoms with E-state index < -0.39 is 0 Å². The number of halogens is 1. The average molecular weight is 313 g/mol. The van der Waals surface area contributed by atoms with Crippen molar-refractivity contribution in [2.75, 3.05) is 6.61 Å². The van der Waals surface area contributed by atoms with E-state index in [-0.39, 0.29) is 11.9 Å². The Morgan fingerprint density at radius 3 is 2.39 bits per heavy atom. The van der Waals surface area contributed by atoms with Crippen molar-refractivity contribution in [3.8, 4) is 0 Å². The summed E-state index contributed by atoms with van der Waals surface area (Å²) < 4.78 is 6.29. The number of benzene rings is 1. The van der Waals surface area contributed by atoms with Crippen LogP contribution in [0, 0.1) is 5.92 Å². The van der Waals surface area contributed by atoms with Gasteiger partial charge in [0.1, 0.15) is 0 Å². The topological polar surface area (TPSA) is 26.3 Å². The Hall–Kier alpha value is -0.830. The molecule has 0 aliphatic carbocycles. The van der Waals surface area contributed by atoms with E-state index in [2.05, 4.69) is 35.0 Å². The van der Waals surface area contributed by atoms with Gasteiger partial charge in [0, 0.05) is 4.47 Å². The second-order valence-electron chi connectivity index (χ2n) is 4.94. The van der Waals surface area contributed by atoms with Crippen molar-refractivity contribution in [1.82, 2.24) is 0 Å². The molecule has 1 unspecified atom stereocenters. The van der Waals surface area contributed by atoms with Crippen LogP contribution in [0.4, 0.5) is 0 Å². The minimum Gasteiger partial charge on any atom is -0.465 e. The molecule has 2 nitrogen and oxygen atoms in total. The number of hydrogen-bond acceptors (Lipinski definition) is 2. The normalized spacial score (nSPS) is 12.5. The summed E-state index contributed by atoms with van der Waals surface area (Å²) in [4.78, 5) is 11.7. The Balaban J connectivity index is 2.56. The van der Waals surface area contributed by atoms with Crippen LogP contribution >= 0.6 is 15.9 Å². The summed E-state index contributed by atoms with van der Waals surface area (Å²) in [5.74, 6) is 0.540. The largest absolute Gasteiger partial charge is 0.465 e. The molecule has 0 N–H and O–H groups in total. The minimum absolute atomic E-state index is 0.0986. The lowest BCUT2D eigenvalue weighted by atomic mass is 9.93. The van der Waals surface area contributed by atoms with Crippen LogP contribution in [0.25, 0.3) is 0 Å². The molecule has 0 radical (unpaired) electrons. The highest BCUT2D eigenvalue weighted by Gasteiger charge is 2.15. The van der Waals surface area contributed by atoms with Crippen LogP contribution in [0.5, 0.6) is 0 Å². The SMILES string of the molecule is CCC(CC(=O)OCC(C)C)c1ccc(Br)cc1. The van der Waals surface area contributed by atoms with E-state index in [1.165, 1.54) is 5.56 Å². The van der Waals surface area contributed by atoms with Crippen molar-refractivity contribution in [2.24, 2.45) is 5.92 Å². The fourth-order valence-corrected chi connectivity index (χ4v) is 2.02. The van der Waals surface area contributed by atoms with E-state index in [0.29, 0.717) is 18.9 Å². The highest BCUT2D eigenvalue weighted by Crippen LogP contribution is 2.25. The average Bonchev–Trinajstić information content (AvgIpc) is 2.34. The quantitative estimate of drug-likeness (QED) is 0.721. The molecular formula is C15H21BrO2. The summed E-state index contributed by atoms with van der Waals surface area (Å²) in [6.45, 7) is 6.69. The van der Waals surface area contributed by atoms with Gasteiger partial charge in [0.05, 0.1) is 13.0 Å². The van der Waals surface area contributed by atoms with Gasteiger partial charge in [0.15, 0.2) is 0 Å². The van der Waals surface area contributed by atoms with Gasteiger partial charge in [-0.2, -0.15) is 0 Å². The van der Waals surface area contributed by atoms with Crippen molar-refractivity contribution in [2.45, 2.75) is 39.5 Å². The van der Waals surface area contributed by atoms with Gasteiger partial charge < -0.3 is 4.74 Å². The fraction of sp³-hybridized carbons (Fsp3) is 0.533. The number of ether oxygens (including phenoxy) is 1. The lowest BCUT2D eigenvalue weighted by Gasteiger charge is -2.15. The highest BCUT2D eigenvalue weighted by atomic mass is 79.9. The first kappa shape index (κ1) is 15.2. The van der Waals surface area contributed by atoms with Gasteiger partial charge >= 0.3 is 5.97 Å². The van der Waals surface area contributed by atoms with Crippen LogP contribution in [0.1, 0.15) is 45.1 Å². The second kappa shape index (κ2) is 7.57. The zero-order valence-electron chi connectivity index (χ0n) is 11.3. The minimum atomic E-state index is -0.0986. The Morgan fingerprint density at radius 2 is 1.89 bits per heavy atom. The van der Waals surface area contributed by atoms with Crippen molar-refractivity contribution < 1.29 is 9.53 Å². The van der Waals surface area contributed by atoms with Gasteiger partial charge in [-0.3, -0.25) is 4.79 Å². The smallest absolute Gasteiger partial charge is 0.306 e. The van der Waals surface area contributed by atoms with E-state index >= 15 is 0 Å². The molecule has 0 amide bonds. The Kier molecular flexibility index (Phi) is 6.41. The monoisotopic (exact) mass is 312 g/mol. The molecule has 0 heterocycles. The van der Waals surface area contributed by atoms with Crippen molar-refractivity contribution in [3.05, 3.63) is 34.3 Å². The predicted octanol–water partition coefficient (Wildman–Crippen LogP) is 4.53. The maximum atomic E-state index is 11.7. The van der Waals surface area contributed by atoms with Gasteiger partial charge in [0.2, 0.25) is 0 Å².